The molecule has 0 aliphatic rings. The van der Waals surface area contributed by atoms with Crippen LogP contribution in [0.25, 0.3) is 0 Å². The summed E-state index contributed by atoms with van der Waals surface area (Å²) in [4.78, 5) is 14.3. The molecule has 1 N–H and O–H groups in total. The zero-order valence-electron chi connectivity index (χ0n) is 12.4. The lowest BCUT2D eigenvalue weighted by atomic mass is 10.1. The second kappa shape index (κ2) is 8.70. The second-order valence-electron chi connectivity index (χ2n) is 4.87. The molecular weight excluding hydrogens is 236 g/mol. The molecule has 0 fully saturated rings. The highest BCUT2D eigenvalue weighted by Crippen LogP contribution is 2.12. The monoisotopic (exact) mass is 262 g/mol. The summed E-state index contributed by atoms with van der Waals surface area (Å²) in [5.74, 6) is 0.235. The Hall–Kier alpha value is -1.35. The normalized spacial score (nSPS) is 12.2. The summed E-state index contributed by atoms with van der Waals surface area (Å²) in [5, 5.41) is 3.21. The molecule has 0 aliphatic carbocycles. The van der Waals surface area contributed by atoms with E-state index in [1.807, 2.05) is 23.1 Å². The number of nitrogens with zero attached hydrogens (tertiary/aromatic N) is 1. The van der Waals surface area contributed by atoms with E-state index in [0.717, 1.165) is 19.5 Å². The van der Waals surface area contributed by atoms with Crippen molar-refractivity contribution < 1.29 is 4.79 Å². The first-order chi connectivity index (χ1) is 9.19. The molecule has 1 amide bonds. The van der Waals surface area contributed by atoms with Crippen LogP contribution in [0.1, 0.15) is 39.2 Å². The molecule has 3 nitrogen and oxygen atoms in total. The van der Waals surface area contributed by atoms with Gasteiger partial charge < -0.3 is 10.2 Å². The van der Waals surface area contributed by atoms with Crippen molar-refractivity contribution in [2.24, 2.45) is 0 Å². The van der Waals surface area contributed by atoms with Gasteiger partial charge in [-0.1, -0.05) is 44.2 Å². The van der Waals surface area contributed by atoms with Crippen LogP contribution in [0.4, 0.5) is 0 Å². The van der Waals surface area contributed by atoms with Crippen molar-refractivity contribution in [1.82, 2.24) is 10.2 Å². The fourth-order valence-corrected chi connectivity index (χ4v) is 2.01. The van der Waals surface area contributed by atoms with E-state index in [1.165, 1.54) is 5.56 Å². The van der Waals surface area contributed by atoms with E-state index in [1.54, 1.807) is 0 Å². The molecule has 0 spiro atoms. The molecule has 106 valence electrons. The summed E-state index contributed by atoms with van der Waals surface area (Å²) in [7, 11) is 0. The minimum atomic E-state index is 0.235. The van der Waals surface area contributed by atoms with Crippen molar-refractivity contribution in [3.05, 3.63) is 35.9 Å². The summed E-state index contributed by atoms with van der Waals surface area (Å²) in [6, 6.07) is 10.5. The summed E-state index contributed by atoms with van der Waals surface area (Å²) in [6.45, 7) is 8.68. The van der Waals surface area contributed by atoms with E-state index in [-0.39, 0.29) is 11.9 Å². The number of nitrogens with one attached hydrogen (secondary N) is 1. The Morgan fingerprint density at radius 3 is 2.53 bits per heavy atom. The third kappa shape index (κ3) is 5.43. The molecule has 0 heterocycles. The van der Waals surface area contributed by atoms with Crippen molar-refractivity contribution in [2.45, 2.75) is 46.2 Å². The van der Waals surface area contributed by atoms with Gasteiger partial charge in [-0.05, 0) is 25.5 Å². The fraction of sp³-hybridized carbons (Fsp3) is 0.562. The SMILES string of the molecule is CCNCCC(=O)N(Cc1ccccc1)C(C)CC. The minimum Gasteiger partial charge on any atom is -0.336 e. The van der Waals surface area contributed by atoms with Gasteiger partial charge in [-0.3, -0.25) is 4.79 Å². The van der Waals surface area contributed by atoms with E-state index >= 15 is 0 Å². The molecular formula is C16H26N2O. The van der Waals surface area contributed by atoms with Crippen LogP contribution in [0.2, 0.25) is 0 Å². The summed E-state index contributed by atoms with van der Waals surface area (Å²) >= 11 is 0. The van der Waals surface area contributed by atoms with Gasteiger partial charge in [0.05, 0.1) is 0 Å². The Morgan fingerprint density at radius 1 is 1.26 bits per heavy atom. The predicted octanol–water partition coefficient (Wildman–Crippen LogP) is 2.81. The molecule has 1 unspecified atom stereocenters. The highest BCUT2D eigenvalue weighted by atomic mass is 16.2. The van der Waals surface area contributed by atoms with Crippen LogP contribution in [0.15, 0.2) is 30.3 Å². The average Bonchev–Trinajstić information content (AvgIpc) is 2.45. The van der Waals surface area contributed by atoms with Crippen LogP contribution < -0.4 is 5.32 Å². The summed E-state index contributed by atoms with van der Waals surface area (Å²) in [6.07, 6.45) is 1.56. The number of benzene rings is 1. The molecule has 1 aromatic rings. The predicted molar refractivity (Wildman–Crippen MR) is 79.9 cm³/mol. The fourth-order valence-electron chi connectivity index (χ4n) is 2.01. The molecule has 1 aromatic carbocycles. The van der Waals surface area contributed by atoms with Crippen molar-refractivity contribution in [2.75, 3.05) is 13.1 Å². The van der Waals surface area contributed by atoms with Gasteiger partial charge in [-0.25, -0.2) is 0 Å². The third-order valence-corrected chi connectivity index (χ3v) is 3.40. The largest absolute Gasteiger partial charge is 0.336 e. The van der Waals surface area contributed by atoms with E-state index in [4.69, 9.17) is 0 Å². The van der Waals surface area contributed by atoms with Crippen LogP contribution in [-0.4, -0.2) is 29.9 Å². The zero-order chi connectivity index (χ0) is 14.1. The number of hydrogen-bond donors (Lipinski definition) is 1. The molecule has 1 rings (SSSR count). The molecule has 0 saturated carbocycles. The first kappa shape index (κ1) is 15.7. The maximum absolute atomic E-state index is 12.3. The van der Waals surface area contributed by atoms with Gasteiger partial charge in [0.2, 0.25) is 5.91 Å². The summed E-state index contributed by atoms with van der Waals surface area (Å²) in [5.41, 5.74) is 1.19. The third-order valence-electron chi connectivity index (χ3n) is 3.40. The topological polar surface area (TPSA) is 32.3 Å². The van der Waals surface area contributed by atoms with E-state index in [2.05, 4.69) is 38.2 Å². The van der Waals surface area contributed by atoms with Gasteiger partial charge in [-0.2, -0.15) is 0 Å². The van der Waals surface area contributed by atoms with Crippen LogP contribution in [0.5, 0.6) is 0 Å². The first-order valence-corrected chi connectivity index (χ1v) is 7.23. The Labute approximate surface area is 117 Å². The van der Waals surface area contributed by atoms with Crippen LogP contribution >= 0.6 is 0 Å². The Balaban J connectivity index is 2.64. The lowest BCUT2D eigenvalue weighted by Gasteiger charge is -2.29. The first-order valence-electron chi connectivity index (χ1n) is 7.23. The molecule has 0 radical (unpaired) electrons. The van der Waals surface area contributed by atoms with Gasteiger partial charge in [0.25, 0.3) is 0 Å². The van der Waals surface area contributed by atoms with E-state index in [0.29, 0.717) is 13.0 Å². The number of rotatable bonds is 8. The Morgan fingerprint density at radius 2 is 1.95 bits per heavy atom. The lowest BCUT2D eigenvalue weighted by Crippen LogP contribution is -2.39. The quantitative estimate of drug-likeness (QED) is 0.731. The Bertz CT molecular complexity index is 364. The number of carbonyl (C=O) groups is 1. The van der Waals surface area contributed by atoms with Crippen molar-refractivity contribution in [1.29, 1.82) is 0 Å². The van der Waals surface area contributed by atoms with Crippen molar-refractivity contribution in [3.63, 3.8) is 0 Å². The Kier molecular flexibility index (Phi) is 7.19. The zero-order valence-corrected chi connectivity index (χ0v) is 12.4. The van der Waals surface area contributed by atoms with Crippen LogP contribution in [0, 0.1) is 0 Å². The molecule has 19 heavy (non-hydrogen) atoms. The van der Waals surface area contributed by atoms with Gasteiger partial charge in [-0.15, -0.1) is 0 Å². The van der Waals surface area contributed by atoms with Crippen molar-refractivity contribution in [3.8, 4) is 0 Å². The van der Waals surface area contributed by atoms with Crippen LogP contribution in [0.3, 0.4) is 0 Å². The van der Waals surface area contributed by atoms with Crippen LogP contribution in [-0.2, 0) is 11.3 Å². The van der Waals surface area contributed by atoms with Gasteiger partial charge >= 0.3 is 0 Å². The molecule has 1 atom stereocenters. The van der Waals surface area contributed by atoms with Gasteiger partial charge in [0, 0.05) is 25.6 Å². The average molecular weight is 262 g/mol. The molecule has 0 aliphatic heterocycles. The summed E-state index contributed by atoms with van der Waals surface area (Å²) < 4.78 is 0. The van der Waals surface area contributed by atoms with Crippen molar-refractivity contribution >= 4 is 5.91 Å². The van der Waals surface area contributed by atoms with E-state index in [9.17, 15) is 4.79 Å². The maximum Gasteiger partial charge on any atom is 0.224 e. The molecule has 0 saturated heterocycles. The standard InChI is InChI=1S/C16H26N2O/c1-4-14(3)18(16(19)11-12-17-5-2)13-15-9-7-6-8-10-15/h6-10,14,17H,4-5,11-13H2,1-3H3. The number of carbonyl (C=O) groups excluding carboxylic acids is 1. The van der Waals surface area contributed by atoms with E-state index < -0.39 is 0 Å². The second-order valence-corrected chi connectivity index (χ2v) is 4.87. The lowest BCUT2D eigenvalue weighted by molar-refractivity contribution is -0.133. The molecule has 0 aromatic heterocycles. The molecule has 3 heteroatoms. The highest BCUT2D eigenvalue weighted by molar-refractivity contribution is 5.76. The maximum atomic E-state index is 12.3. The van der Waals surface area contributed by atoms with Gasteiger partial charge in [0.1, 0.15) is 0 Å². The smallest absolute Gasteiger partial charge is 0.224 e. The number of amides is 1. The highest BCUT2D eigenvalue weighted by Gasteiger charge is 2.18. The van der Waals surface area contributed by atoms with Gasteiger partial charge in [0.15, 0.2) is 0 Å². The minimum absolute atomic E-state index is 0.235. The number of hydrogen-bond acceptors (Lipinski definition) is 2. The molecule has 0 bridgehead atoms.